The standard InChI is InChI=1S/C25H24ClN3O/c1-18-19(2)29(17-20-9-4-3-5-10-20)25(28-13-6-7-14-28)23(18)16-27-24(30)21-11-8-12-22(26)15-21/h3-15H,16-17H2,1-2H3,(H,27,30). The van der Waals surface area contributed by atoms with Gasteiger partial charge in [-0.1, -0.05) is 48.0 Å². The Kier molecular flexibility index (Phi) is 5.77. The maximum Gasteiger partial charge on any atom is 0.251 e. The number of benzene rings is 2. The summed E-state index contributed by atoms with van der Waals surface area (Å²) in [5, 5.41) is 3.62. The SMILES string of the molecule is Cc1c(CNC(=O)c2cccc(Cl)c2)c(-n2cccc2)n(Cc2ccccc2)c1C. The summed E-state index contributed by atoms with van der Waals surface area (Å²) in [6.07, 6.45) is 4.08. The van der Waals surface area contributed by atoms with Crippen LogP contribution in [0.25, 0.3) is 5.82 Å². The Bertz CT molecular complexity index is 1160. The second kappa shape index (κ2) is 8.64. The zero-order chi connectivity index (χ0) is 21.1. The monoisotopic (exact) mass is 417 g/mol. The second-order valence-corrected chi connectivity index (χ2v) is 7.80. The predicted molar refractivity (Wildman–Crippen MR) is 121 cm³/mol. The van der Waals surface area contributed by atoms with Crippen LogP contribution in [0, 0.1) is 13.8 Å². The average Bonchev–Trinajstić information content (AvgIpc) is 3.36. The molecule has 4 aromatic rings. The van der Waals surface area contributed by atoms with Gasteiger partial charge in [0, 0.05) is 47.3 Å². The summed E-state index contributed by atoms with van der Waals surface area (Å²) in [5.74, 6) is 0.939. The van der Waals surface area contributed by atoms with E-state index in [0.717, 1.165) is 17.9 Å². The van der Waals surface area contributed by atoms with Gasteiger partial charge in [-0.25, -0.2) is 0 Å². The van der Waals surface area contributed by atoms with Crippen molar-refractivity contribution in [2.24, 2.45) is 0 Å². The lowest BCUT2D eigenvalue weighted by molar-refractivity contribution is 0.0951. The van der Waals surface area contributed by atoms with Crippen LogP contribution < -0.4 is 5.32 Å². The number of hydrogen-bond donors (Lipinski definition) is 1. The molecule has 0 fully saturated rings. The molecule has 0 saturated heterocycles. The molecule has 4 rings (SSSR count). The largest absolute Gasteiger partial charge is 0.348 e. The number of carbonyl (C=O) groups is 1. The van der Waals surface area contributed by atoms with Gasteiger partial charge in [0.05, 0.1) is 0 Å². The van der Waals surface area contributed by atoms with E-state index in [1.807, 2.05) is 30.6 Å². The van der Waals surface area contributed by atoms with Gasteiger partial charge in [0.2, 0.25) is 0 Å². The highest BCUT2D eigenvalue weighted by molar-refractivity contribution is 6.30. The van der Waals surface area contributed by atoms with Gasteiger partial charge in [0.25, 0.3) is 5.91 Å². The first-order chi connectivity index (χ1) is 14.5. The molecule has 0 atom stereocenters. The highest BCUT2D eigenvalue weighted by Crippen LogP contribution is 2.27. The van der Waals surface area contributed by atoms with Crippen LogP contribution in [0.3, 0.4) is 0 Å². The average molecular weight is 418 g/mol. The second-order valence-electron chi connectivity index (χ2n) is 7.37. The molecule has 1 amide bonds. The Morgan fingerprint density at radius 1 is 0.967 bits per heavy atom. The van der Waals surface area contributed by atoms with Gasteiger partial charge in [0.15, 0.2) is 0 Å². The van der Waals surface area contributed by atoms with Crippen LogP contribution in [0.1, 0.15) is 32.7 Å². The van der Waals surface area contributed by atoms with Crippen LogP contribution in [-0.2, 0) is 13.1 Å². The molecule has 0 aliphatic carbocycles. The van der Waals surface area contributed by atoms with E-state index in [9.17, 15) is 4.79 Å². The Morgan fingerprint density at radius 3 is 2.40 bits per heavy atom. The molecule has 2 heterocycles. The number of carbonyl (C=O) groups excluding carboxylic acids is 1. The van der Waals surface area contributed by atoms with E-state index >= 15 is 0 Å². The molecule has 152 valence electrons. The lowest BCUT2D eigenvalue weighted by Crippen LogP contribution is -2.23. The number of nitrogens with one attached hydrogen (secondary N) is 1. The Hall–Kier alpha value is -3.24. The number of rotatable bonds is 6. The van der Waals surface area contributed by atoms with Gasteiger partial charge >= 0.3 is 0 Å². The number of hydrogen-bond acceptors (Lipinski definition) is 1. The summed E-state index contributed by atoms with van der Waals surface area (Å²) < 4.78 is 4.43. The van der Waals surface area contributed by atoms with Crippen molar-refractivity contribution < 1.29 is 4.79 Å². The van der Waals surface area contributed by atoms with E-state index in [4.69, 9.17) is 11.6 Å². The normalized spacial score (nSPS) is 10.9. The van der Waals surface area contributed by atoms with E-state index in [0.29, 0.717) is 17.1 Å². The van der Waals surface area contributed by atoms with Crippen molar-refractivity contribution in [3.8, 4) is 5.82 Å². The minimum Gasteiger partial charge on any atom is -0.348 e. The van der Waals surface area contributed by atoms with Gasteiger partial charge < -0.3 is 14.5 Å². The molecule has 30 heavy (non-hydrogen) atoms. The molecule has 0 radical (unpaired) electrons. The Morgan fingerprint density at radius 2 is 1.70 bits per heavy atom. The fourth-order valence-electron chi connectivity index (χ4n) is 3.75. The van der Waals surface area contributed by atoms with Gasteiger partial charge in [-0.2, -0.15) is 0 Å². The van der Waals surface area contributed by atoms with E-state index in [2.05, 4.69) is 52.6 Å². The molecule has 1 N–H and O–H groups in total. The van der Waals surface area contributed by atoms with Crippen LogP contribution in [-0.4, -0.2) is 15.0 Å². The highest BCUT2D eigenvalue weighted by Gasteiger charge is 2.20. The fourth-order valence-corrected chi connectivity index (χ4v) is 3.94. The number of nitrogens with zero attached hydrogens (tertiary/aromatic N) is 2. The molecule has 0 aliphatic heterocycles. The number of halogens is 1. The lowest BCUT2D eigenvalue weighted by Gasteiger charge is -2.15. The molecule has 5 heteroatoms. The van der Waals surface area contributed by atoms with E-state index in [1.165, 1.54) is 16.8 Å². The van der Waals surface area contributed by atoms with Gasteiger partial charge in [-0.05, 0) is 55.3 Å². The minimum atomic E-state index is -0.135. The summed E-state index contributed by atoms with van der Waals surface area (Å²) in [6.45, 7) is 5.45. The number of amides is 1. The van der Waals surface area contributed by atoms with Crippen molar-refractivity contribution in [2.45, 2.75) is 26.9 Å². The smallest absolute Gasteiger partial charge is 0.251 e. The molecule has 0 saturated carbocycles. The summed E-state index contributed by atoms with van der Waals surface area (Å²) in [7, 11) is 0. The van der Waals surface area contributed by atoms with Crippen LogP contribution in [0.4, 0.5) is 0 Å². The summed E-state index contributed by atoms with van der Waals surface area (Å²) in [5.41, 5.74) is 5.27. The number of aromatic nitrogens is 2. The van der Waals surface area contributed by atoms with Gasteiger partial charge in [0.1, 0.15) is 5.82 Å². The fraction of sp³-hybridized carbons (Fsp3) is 0.160. The predicted octanol–water partition coefficient (Wildman–Crippen LogP) is 5.53. The third kappa shape index (κ3) is 4.05. The molecular formula is C25H24ClN3O. The first-order valence-corrected chi connectivity index (χ1v) is 10.3. The third-order valence-electron chi connectivity index (χ3n) is 5.47. The van der Waals surface area contributed by atoms with E-state index in [1.54, 1.807) is 24.3 Å². The van der Waals surface area contributed by atoms with Crippen molar-refractivity contribution in [3.63, 3.8) is 0 Å². The first kappa shape index (κ1) is 20.0. The van der Waals surface area contributed by atoms with Crippen molar-refractivity contribution in [2.75, 3.05) is 0 Å². The van der Waals surface area contributed by atoms with Crippen molar-refractivity contribution in [1.82, 2.24) is 14.5 Å². The summed E-state index contributed by atoms with van der Waals surface area (Å²) >= 11 is 6.04. The topological polar surface area (TPSA) is 39.0 Å². The molecule has 0 bridgehead atoms. The Balaban J connectivity index is 1.69. The molecule has 0 spiro atoms. The summed E-state index contributed by atoms with van der Waals surface area (Å²) in [4.78, 5) is 12.7. The van der Waals surface area contributed by atoms with Gasteiger partial charge in [-0.15, -0.1) is 0 Å². The first-order valence-electron chi connectivity index (χ1n) is 9.94. The van der Waals surface area contributed by atoms with Crippen molar-refractivity contribution >= 4 is 17.5 Å². The third-order valence-corrected chi connectivity index (χ3v) is 5.71. The molecule has 0 unspecified atom stereocenters. The molecule has 4 nitrogen and oxygen atoms in total. The molecule has 0 aliphatic rings. The van der Waals surface area contributed by atoms with Crippen LogP contribution in [0.2, 0.25) is 5.02 Å². The van der Waals surface area contributed by atoms with Gasteiger partial charge in [-0.3, -0.25) is 4.79 Å². The minimum absolute atomic E-state index is 0.135. The molecular weight excluding hydrogens is 394 g/mol. The van der Waals surface area contributed by atoms with Crippen LogP contribution >= 0.6 is 11.6 Å². The summed E-state index contributed by atoms with van der Waals surface area (Å²) in [6, 6.07) is 21.4. The van der Waals surface area contributed by atoms with Crippen LogP contribution in [0.5, 0.6) is 0 Å². The maximum absolute atomic E-state index is 12.7. The van der Waals surface area contributed by atoms with E-state index in [-0.39, 0.29) is 5.91 Å². The van der Waals surface area contributed by atoms with Crippen LogP contribution in [0.15, 0.2) is 79.1 Å². The Labute approximate surface area is 181 Å². The lowest BCUT2D eigenvalue weighted by atomic mass is 10.1. The van der Waals surface area contributed by atoms with Crippen molar-refractivity contribution in [1.29, 1.82) is 0 Å². The molecule has 2 aromatic carbocycles. The zero-order valence-electron chi connectivity index (χ0n) is 17.1. The zero-order valence-corrected chi connectivity index (χ0v) is 17.9. The molecule has 2 aromatic heterocycles. The highest BCUT2D eigenvalue weighted by atomic mass is 35.5. The quantitative estimate of drug-likeness (QED) is 0.440. The van der Waals surface area contributed by atoms with E-state index < -0.39 is 0 Å². The maximum atomic E-state index is 12.7. The van der Waals surface area contributed by atoms with Crippen molar-refractivity contribution in [3.05, 3.63) is 112 Å².